The van der Waals surface area contributed by atoms with Gasteiger partial charge in [0.25, 0.3) is 0 Å². The molecular weight excluding hydrogens is 491 g/mol. The van der Waals surface area contributed by atoms with Gasteiger partial charge in [0, 0.05) is 42.1 Å². The highest BCUT2D eigenvalue weighted by Gasteiger charge is 2.28. The molecule has 3 aromatic carbocycles. The van der Waals surface area contributed by atoms with Gasteiger partial charge in [0.15, 0.2) is 0 Å². The monoisotopic (exact) mass is 514 g/mol. The van der Waals surface area contributed by atoms with Crippen LogP contribution >= 0.6 is 22.9 Å². The molecule has 3 heterocycles. The summed E-state index contributed by atoms with van der Waals surface area (Å²) in [4.78, 5) is 15.1. The molecule has 7 heteroatoms. The summed E-state index contributed by atoms with van der Waals surface area (Å²) in [7, 11) is 0. The van der Waals surface area contributed by atoms with E-state index in [4.69, 9.17) is 16.6 Å². The van der Waals surface area contributed by atoms with Crippen LogP contribution in [0.4, 0.5) is 10.2 Å². The number of piperazine rings is 1. The van der Waals surface area contributed by atoms with E-state index < -0.39 is 0 Å². The van der Waals surface area contributed by atoms with Crippen LogP contribution in [0.25, 0.3) is 21.3 Å². The van der Waals surface area contributed by atoms with Crippen LogP contribution < -0.4 is 4.90 Å². The van der Waals surface area contributed by atoms with Crippen molar-refractivity contribution in [1.82, 2.24) is 14.9 Å². The fraction of sp³-hybridized carbons (Fsp3) is 0.172. The highest BCUT2D eigenvalue weighted by molar-refractivity contribution is 7.17. The van der Waals surface area contributed by atoms with Crippen LogP contribution in [-0.2, 0) is 0 Å². The second kappa shape index (κ2) is 9.97. The Morgan fingerprint density at radius 2 is 1.50 bits per heavy atom. The number of anilines is 1. The number of fused-ring (bicyclic) bond motifs is 1. The molecule has 180 valence electrons. The lowest BCUT2D eigenvalue weighted by molar-refractivity contribution is 0.212. The molecule has 1 aliphatic rings. The van der Waals surface area contributed by atoms with Crippen molar-refractivity contribution in [1.29, 1.82) is 0 Å². The minimum Gasteiger partial charge on any atom is -0.353 e. The summed E-state index contributed by atoms with van der Waals surface area (Å²) in [5.41, 5.74) is 4.54. The van der Waals surface area contributed by atoms with Crippen LogP contribution in [0.3, 0.4) is 0 Å². The van der Waals surface area contributed by atoms with Gasteiger partial charge < -0.3 is 4.90 Å². The van der Waals surface area contributed by atoms with Crippen molar-refractivity contribution >= 4 is 39.0 Å². The third-order valence-corrected chi connectivity index (χ3v) is 7.92. The maximum atomic E-state index is 13.5. The summed E-state index contributed by atoms with van der Waals surface area (Å²) in [6.45, 7) is 3.48. The molecule has 1 aliphatic heterocycles. The van der Waals surface area contributed by atoms with Gasteiger partial charge in [-0.15, -0.1) is 11.3 Å². The Bertz CT molecular complexity index is 1460. The maximum Gasteiger partial charge on any atom is 0.141 e. The molecule has 0 amide bonds. The number of hydrogen-bond donors (Lipinski definition) is 0. The Balaban J connectivity index is 1.30. The van der Waals surface area contributed by atoms with Gasteiger partial charge in [0.1, 0.15) is 22.8 Å². The maximum absolute atomic E-state index is 13.5. The van der Waals surface area contributed by atoms with E-state index in [1.807, 2.05) is 24.3 Å². The third kappa shape index (κ3) is 4.48. The summed E-state index contributed by atoms with van der Waals surface area (Å²) < 4.78 is 13.5. The Labute approximate surface area is 218 Å². The summed E-state index contributed by atoms with van der Waals surface area (Å²) >= 11 is 7.79. The number of hydrogen-bond acceptors (Lipinski definition) is 5. The van der Waals surface area contributed by atoms with E-state index in [1.54, 1.807) is 17.7 Å². The molecule has 5 aromatic rings. The molecule has 2 aromatic heterocycles. The summed E-state index contributed by atoms with van der Waals surface area (Å²) in [5, 5.41) is 3.88. The normalized spacial score (nSPS) is 15.3. The van der Waals surface area contributed by atoms with Gasteiger partial charge in [-0.25, -0.2) is 14.4 Å². The topological polar surface area (TPSA) is 32.3 Å². The molecule has 0 spiro atoms. The average Bonchev–Trinajstić information content (AvgIpc) is 3.36. The van der Waals surface area contributed by atoms with Crippen LogP contribution in [0.1, 0.15) is 17.2 Å². The fourth-order valence-electron chi connectivity index (χ4n) is 5.03. The second-order valence-electron chi connectivity index (χ2n) is 8.92. The first-order chi connectivity index (χ1) is 17.7. The lowest BCUT2D eigenvalue weighted by Gasteiger charge is -2.40. The van der Waals surface area contributed by atoms with Gasteiger partial charge >= 0.3 is 0 Å². The molecule has 4 nitrogen and oxygen atoms in total. The van der Waals surface area contributed by atoms with Gasteiger partial charge in [-0.1, -0.05) is 66.2 Å². The van der Waals surface area contributed by atoms with Crippen LogP contribution in [-0.4, -0.2) is 41.0 Å². The first-order valence-electron chi connectivity index (χ1n) is 11.9. The molecule has 0 saturated carbocycles. The summed E-state index contributed by atoms with van der Waals surface area (Å²) in [5.74, 6) is 0.711. The first-order valence-corrected chi connectivity index (χ1v) is 13.2. The van der Waals surface area contributed by atoms with Crippen molar-refractivity contribution < 1.29 is 4.39 Å². The number of aromatic nitrogens is 2. The molecule has 0 radical (unpaired) electrons. The minimum atomic E-state index is -0.237. The fourth-order valence-corrected chi connectivity index (χ4v) is 6.06. The Morgan fingerprint density at radius 1 is 0.806 bits per heavy atom. The smallest absolute Gasteiger partial charge is 0.141 e. The van der Waals surface area contributed by atoms with Crippen molar-refractivity contribution in [3.05, 3.63) is 113 Å². The van der Waals surface area contributed by atoms with Crippen molar-refractivity contribution in [3.8, 4) is 11.1 Å². The van der Waals surface area contributed by atoms with E-state index in [9.17, 15) is 4.39 Å². The molecule has 0 bridgehead atoms. The van der Waals surface area contributed by atoms with Gasteiger partial charge in [-0.3, -0.25) is 4.90 Å². The van der Waals surface area contributed by atoms with Crippen molar-refractivity contribution in [2.24, 2.45) is 0 Å². The van der Waals surface area contributed by atoms with E-state index in [-0.39, 0.29) is 11.9 Å². The van der Waals surface area contributed by atoms with E-state index in [2.05, 4.69) is 62.6 Å². The first kappa shape index (κ1) is 23.1. The predicted octanol–water partition coefficient (Wildman–Crippen LogP) is 7.06. The average molecular weight is 515 g/mol. The SMILES string of the molecule is Fc1ccc(-c2csc3ncnc(N4CCN(C(c5ccccc5)c5ccc(Cl)cc5)CC4)c23)cc1. The Kier molecular flexibility index (Phi) is 6.40. The van der Waals surface area contributed by atoms with Crippen molar-refractivity contribution in [2.75, 3.05) is 31.1 Å². The molecule has 0 N–H and O–H groups in total. The van der Waals surface area contributed by atoms with Gasteiger partial charge in [0.05, 0.1) is 11.4 Å². The molecular formula is C29H24ClFN4S. The largest absolute Gasteiger partial charge is 0.353 e. The molecule has 36 heavy (non-hydrogen) atoms. The minimum absolute atomic E-state index is 0.159. The molecule has 0 aliphatic carbocycles. The number of nitrogens with zero attached hydrogens (tertiary/aromatic N) is 4. The molecule has 1 unspecified atom stereocenters. The standard InChI is InChI=1S/C29H24ClFN4S/c30-23-10-6-22(7-11-23)27(21-4-2-1-3-5-21)34-14-16-35(17-15-34)28-26-25(18-36-29(26)33-19-32-28)20-8-12-24(31)13-9-20/h1-13,18-19,27H,14-17H2. The van der Waals surface area contributed by atoms with E-state index in [1.165, 1.54) is 23.3 Å². The van der Waals surface area contributed by atoms with Crippen molar-refractivity contribution in [2.45, 2.75) is 6.04 Å². The highest BCUT2D eigenvalue weighted by Crippen LogP contribution is 2.39. The summed E-state index contributed by atoms with van der Waals surface area (Å²) in [6, 6.07) is 25.6. The predicted molar refractivity (Wildman–Crippen MR) is 146 cm³/mol. The van der Waals surface area contributed by atoms with Crippen LogP contribution in [0.2, 0.25) is 5.02 Å². The lowest BCUT2D eigenvalue weighted by atomic mass is 9.96. The van der Waals surface area contributed by atoms with Crippen molar-refractivity contribution in [3.63, 3.8) is 0 Å². The van der Waals surface area contributed by atoms with Crippen LogP contribution in [0.5, 0.6) is 0 Å². The number of thiophene rings is 1. The Morgan fingerprint density at radius 3 is 2.22 bits per heavy atom. The van der Waals surface area contributed by atoms with E-state index >= 15 is 0 Å². The number of halogens is 2. The molecule has 1 saturated heterocycles. The van der Waals surface area contributed by atoms with Gasteiger partial charge in [-0.05, 0) is 41.0 Å². The van der Waals surface area contributed by atoms with Crippen LogP contribution in [0.15, 0.2) is 90.6 Å². The molecule has 1 fully saturated rings. The highest BCUT2D eigenvalue weighted by atomic mass is 35.5. The second-order valence-corrected chi connectivity index (χ2v) is 10.2. The lowest BCUT2D eigenvalue weighted by Crippen LogP contribution is -2.48. The van der Waals surface area contributed by atoms with Gasteiger partial charge in [-0.2, -0.15) is 0 Å². The molecule has 1 atom stereocenters. The van der Waals surface area contributed by atoms with Gasteiger partial charge in [0.2, 0.25) is 0 Å². The zero-order valence-electron chi connectivity index (χ0n) is 19.5. The zero-order valence-corrected chi connectivity index (χ0v) is 21.1. The number of rotatable bonds is 5. The van der Waals surface area contributed by atoms with E-state index in [0.717, 1.165) is 58.4 Å². The van der Waals surface area contributed by atoms with Crippen LogP contribution in [0, 0.1) is 5.82 Å². The quantitative estimate of drug-likeness (QED) is 0.251. The molecule has 6 rings (SSSR count). The zero-order chi connectivity index (χ0) is 24.5. The summed E-state index contributed by atoms with van der Waals surface area (Å²) in [6.07, 6.45) is 1.65. The Hall–Kier alpha value is -3.32. The third-order valence-electron chi connectivity index (χ3n) is 6.79. The van der Waals surface area contributed by atoms with E-state index in [0.29, 0.717) is 0 Å². The number of benzene rings is 3.